The van der Waals surface area contributed by atoms with Crippen molar-refractivity contribution in [2.75, 3.05) is 14.2 Å². The molecule has 0 radical (unpaired) electrons. The average molecular weight is 484 g/mol. The van der Waals surface area contributed by atoms with Gasteiger partial charge in [0.1, 0.15) is 22.8 Å². The zero-order valence-corrected chi connectivity index (χ0v) is 18.6. The minimum atomic E-state index is -4.97. The lowest BCUT2D eigenvalue weighted by Crippen LogP contribution is -2.16. The second kappa shape index (κ2) is 9.54. The molecule has 0 saturated heterocycles. The van der Waals surface area contributed by atoms with E-state index >= 15 is 0 Å². The van der Waals surface area contributed by atoms with Gasteiger partial charge in [-0.05, 0) is 35.9 Å². The topological polar surface area (TPSA) is 75.0 Å². The molecule has 35 heavy (non-hydrogen) atoms. The lowest BCUT2D eigenvalue weighted by atomic mass is 10.0. The Kier molecular flexibility index (Phi) is 6.50. The molecule has 0 amide bonds. The average Bonchev–Trinajstić information content (AvgIpc) is 2.83. The van der Waals surface area contributed by atoms with Gasteiger partial charge in [-0.1, -0.05) is 30.3 Å². The van der Waals surface area contributed by atoms with Gasteiger partial charge in [0.2, 0.25) is 11.2 Å². The number of hydrogen-bond donors (Lipinski definition) is 0. The van der Waals surface area contributed by atoms with Gasteiger partial charge in [0.05, 0.1) is 31.6 Å². The number of fused-ring (bicyclic) bond motifs is 1. The van der Waals surface area contributed by atoms with Gasteiger partial charge >= 0.3 is 12.1 Å². The maximum atomic E-state index is 13.9. The van der Waals surface area contributed by atoms with Gasteiger partial charge in [-0.2, -0.15) is 13.2 Å². The summed E-state index contributed by atoms with van der Waals surface area (Å²) in [6, 6.07) is 16.3. The van der Waals surface area contributed by atoms with E-state index in [0.29, 0.717) is 11.3 Å². The van der Waals surface area contributed by atoms with Crippen LogP contribution in [0.5, 0.6) is 17.2 Å². The van der Waals surface area contributed by atoms with Gasteiger partial charge in [0, 0.05) is 11.6 Å². The van der Waals surface area contributed by atoms with Crippen molar-refractivity contribution in [2.45, 2.75) is 12.6 Å². The molecule has 4 aromatic rings. The number of esters is 1. The highest BCUT2D eigenvalue weighted by Crippen LogP contribution is 2.40. The molecule has 1 heterocycles. The molecule has 180 valence electrons. The van der Waals surface area contributed by atoms with Crippen LogP contribution in [0.1, 0.15) is 11.3 Å². The molecule has 4 rings (SSSR count). The van der Waals surface area contributed by atoms with Crippen molar-refractivity contribution in [3.63, 3.8) is 0 Å². The van der Waals surface area contributed by atoms with Crippen molar-refractivity contribution in [3.8, 4) is 28.4 Å². The highest BCUT2D eigenvalue weighted by atomic mass is 19.4. The first-order chi connectivity index (χ1) is 16.7. The molecule has 6 nitrogen and oxygen atoms in total. The Balaban J connectivity index is 1.72. The van der Waals surface area contributed by atoms with Crippen molar-refractivity contribution >= 4 is 16.9 Å². The Morgan fingerprint density at radius 3 is 2.26 bits per heavy atom. The summed E-state index contributed by atoms with van der Waals surface area (Å²) in [5.41, 5.74) is -1.31. The van der Waals surface area contributed by atoms with Gasteiger partial charge in [0.25, 0.3) is 0 Å². The van der Waals surface area contributed by atoms with Crippen LogP contribution in [-0.4, -0.2) is 20.2 Å². The zero-order chi connectivity index (χ0) is 25.2. The van der Waals surface area contributed by atoms with E-state index in [1.165, 1.54) is 44.6 Å². The fourth-order valence-corrected chi connectivity index (χ4v) is 3.61. The highest BCUT2D eigenvalue weighted by molar-refractivity contribution is 5.86. The Bertz CT molecular complexity index is 1440. The zero-order valence-electron chi connectivity index (χ0n) is 18.6. The van der Waals surface area contributed by atoms with Crippen LogP contribution in [0.25, 0.3) is 22.1 Å². The standard InChI is InChI=1S/C26H19F3O6/c1-32-16-9-7-15(8-10-16)13-22(30)34-17-11-12-19-21(14-17)35-25(26(27,28)29)23(24(19)31)18-5-3-4-6-20(18)33-2/h3-12,14H,13H2,1-2H3. The molecule has 3 aromatic carbocycles. The molecular weight excluding hydrogens is 465 g/mol. The first-order valence-corrected chi connectivity index (χ1v) is 10.4. The second-order valence-electron chi connectivity index (χ2n) is 7.49. The number of alkyl halides is 3. The summed E-state index contributed by atoms with van der Waals surface area (Å²) in [5, 5.41) is -0.103. The summed E-state index contributed by atoms with van der Waals surface area (Å²) in [6.07, 6.45) is -5.04. The van der Waals surface area contributed by atoms with E-state index in [1.807, 2.05) is 0 Å². The molecule has 0 bridgehead atoms. The largest absolute Gasteiger partial charge is 0.497 e. The van der Waals surface area contributed by atoms with Crippen molar-refractivity contribution in [1.29, 1.82) is 0 Å². The molecule has 9 heteroatoms. The number of halogens is 3. The van der Waals surface area contributed by atoms with Crippen molar-refractivity contribution in [1.82, 2.24) is 0 Å². The number of benzene rings is 3. The molecule has 1 aromatic heterocycles. The normalized spacial score (nSPS) is 11.3. The smallest absolute Gasteiger partial charge is 0.450 e. The number of ether oxygens (including phenoxy) is 3. The third-order valence-corrected chi connectivity index (χ3v) is 5.24. The van der Waals surface area contributed by atoms with Gasteiger partial charge in [-0.15, -0.1) is 0 Å². The van der Waals surface area contributed by atoms with E-state index in [0.717, 1.165) is 6.07 Å². The van der Waals surface area contributed by atoms with Gasteiger partial charge in [-0.3, -0.25) is 9.59 Å². The van der Waals surface area contributed by atoms with E-state index in [2.05, 4.69) is 0 Å². The number of rotatable bonds is 6. The monoisotopic (exact) mass is 484 g/mol. The van der Waals surface area contributed by atoms with Gasteiger partial charge < -0.3 is 18.6 Å². The Labute approximate surface area is 197 Å². The number of para-hydroxylation sites is 1. The van der Waals surface area contributed by atoms with Gasteiger partial charge in [-0.25, -0.2) is 0 Å². The van der Waals surface area contributed by atoms with E-state index < -0.39 is 28.9 Å². The number of carbonyl (C=O) groups excluding carboxylic acids is 1. The Morgan fingerprint density at radius 1 is 0.914 bits per heavy atom. The van der Waals surface area contributed by atoms with E-state index in [4.69, 9.17) is 18.6 Å². The summed E-state index contributed by atoms with van der Waals surface area (Å²) in [5.74, 6) is -1.45. The van der Waals surface area contributed by atoms with Crippen LogP contribution in [0.4, 0.5) is 13.2 Å². The first kappa shape index (κ1) is 23.9. The summed E-state index contributed by atoms with van der Waals surface area (Å²) < 4.78 is 62.4. The van der Waals surface area contributed by atoms with Gasteiger partial charge in [0.15, 0.2) is 0 Å². The molecule has 0 aliphatic rings. The van der Waals surface area contributed by atoms with E-state index in [-0.39, 0.29) is 34.5 Å². The van der Waals surface area contributed by atoms with Crippen LogP contribution in [-0.2, 0) is 17.4 Å². The molecule has 0 N–H and O–H groups in total. The molecule has 0 spiro atoms. The highest BCUT2D eigenvalue weighted by Gasteiger charge is 2.40. The number of carbonyl (C=O) groups is 1. The van der Waals surface area contributed by atoms with Crippen LogP contribution in [0, 0.1) is 0 Å². The maximum Gasteiger partial charge on any atom is 0.450 e. The van der Waals surface area contributed by atoms with Crippen molar-refractivity contribution in [2.24, 2.45) is 0 Å². The summed E-state index contributed by atoms with van der Waals surface area (Å²) in [7, 11) is 2.81. The fraction of sp³-hybridized carbons (Fsp3) is 0.154. The van der Waals surface area contributed by atoms with Crippen LogP contribution in [0.15, 0.2) is 75.9 Å². The summed E-state index contributed by atoms with van der Waals surface area (Å²) >= 11 is 0. The molecular formula is C26H19F3O6. The van der Waals surface area contributed by atoms with Crippen LogP contribution in [0.2, 0.25) is 0 Å². The van der Waals surface area contributed by atoms with Crippen LogP contribution in [0.3, 0.4) is 0 Å². The molecule has 0 atom stereocenters. The lowest BCUT2D eigenvalue weighted by molar-refractivity contribution is -0.152. The van der Waals surface area contributed by atoms with Crippen molar-refractivity contribution in [3.05, 3.63) is 88.3 Å². The minimum absolute atomic E-state index is 0.0482. The van der Waals surface area contributed by atoms with Crippen molar-refractivity contribution < 1.29 is 36.6 Å². The Hall–Kier alpha value is -4.27. The first-order valence-electron chi connectivity index (χ1n) is 10.4. The lowest BCUT2D eigenvalue weighted by Gasteiger charge is -2.15. The molecule has 0 saturated carbocycles. The quantitative estimate of drug-likeness (QED) is 0.260. The third kappa shape index (κ3) is 4.98. The molecule has 0 unspecified atom stereocenters. The summed E-state index contributed by atoms with van der Waals surface area (Å²) in [6.45, 7) is 0. The molecule has 0 aliphatic carbocycles. The van der Waals surface area contributed by atoms with Crippen LogP contribution >= 0.6 is 0 Å². The predicted octanol–water partition coefficient (Wildman–Crippen LogP) is 5.64. The van der Waals surface area contributed by atoms with E-state index in [1.54, 1.807) is 30.3 Å². The third-order valence-electron chi connectivity index (χ3n) is 5.24. The number of hydrogen-bond acceptors (Lipinski definition) is 6. The summed E-state index contributed by atoms with van der Waals surface area (Å²) in [4.78, 5) is 25.5. The maximum absolute atomic E-state index is 13.9. The fourth-order valence-electron chi connectivity index (χ4n) is 3.61. The second-order valence-corrected chi connectivity index (χ2v) is 7.49. The predicted molar refractivity (Wildman–Crippen MR) is 122 cm³/mol. The molecule has 0 fully saturated rings. The van der Waals surface area contributed by atoms with E-state index in [9.17, 15) is 22.8 Å². The van der Waals surface area contributed by atoms with Crippen LogP contribution < -0.4 is 19.6 Å². The Morgan fingerprint density at radius 2 is 1.60 bits per heavy atom. The SMILES string of the molecule is COc1ccc(CC(=O)Oc2ccc3c(=O)c(-c4ccccc4OC)c(C(F)(F)F)oc3c2)cc1. The minimum Gasteiger partial charge on any atom is -0.497 e. The molecule has 0 aliphatic heterocycles. The number of methoxy groups -OCH3 is 2.